The van der Waals surface area contributed by atoms with Crippen LogP contribution in [0.5, 0.6) is 11.5 Å². The molecule has 0 unspecified atom stereocenters. The van der Waals surface area contributed by atoms with Crippen LogP contribution in [0.3, 0.4) is 0 Å². The number of hydrogen-bond donors (Lipinski definition) is 1. The Balaban J connectivity index is 1.70. The Kier molecular flexibility index (Phi) is 6.33. The van der Waals surface area contributed by atoms with E-state index < -0.39 is 4.92 Å². The first-order valence-electron chi connectivity index (χ1n) is 7.79. The maximum absolute atomic E-state index is 11.7. The topological polar surface area (TPSA) is 90.7 Å². The fourth-order valence-electron chi connectivity index (χ4n) is 2.19. The molecule has 2 rings (SSSR count). The van der Waals surface area contributed by atoms with E-state index in [-0.39, 0.29) is 18.2 Å². The van der Waals surface area contributed by atoms with Crippen LogP contribution in [0.4, 0.5) is 5.69 Å². The highest BCUT2D eigenvalue weighted by molar-refractivity contribution is 5.77. The highest BCUT2D eigenvalue weighted by atomic mass is 16.6. The van der Waals surface area contributed by atoms with Crippen molar-refractivity contribution >= 4 is 11.6 Å². The number of nitrogens with one attached hydrogen (secondary N) is 1. The van der Waals surface area contributed by atoms with E-state index in [1.807, 2.05) is 31.2 Å². The van der Waals surface area contributed by atoms with Crippen LogP contribution in [0.1, 0.15) is 11.1 Å². The Morgan fingerprint density at radius 3 is 2.56 bits per heavy atom. The van der Waals surface area contributed by atoms with Gasteiger partial charge in [0.1, 0.15) is 18.1 Å². The molecule has 0 aromatic heterocycles. The van der Waals surface area contributed by atoms with Gasteiger partial charge in [0.15, 0.2) is 6.61 Å². The number of ether oxygens (including phenoxy) is 2. The number of nitro benzene ring substituents is 1. The lowest BCUT2D eigenvalue weighted by Crippen LogP contribution is -2.32. The normalized spacial score (nSPS) is 10.2. The third-order valence-corrected chi connectivity index (χ3v) is 3.42. The summed E-state index contributed by atoms with van der Waals surface area (Å²) in [6.45, 7) is 4.14. The number of aryl methyl sites for hydroxylation is 2. The molecule has 0 aliphatic heterocycles. The van der Waals surface area contributed by atoms with Crippen LogP contribution in [-0.4, -0.2) is 30.6 Å². The molecule has 0 fully saturated rings. The van der Waals surface area contributed by atoms with Gasteiger partial charge >= 0.3 is 0 Å². The smallest absolute Gasteiger partial charge is 0.272 e. The van der Waals surface area contributed by atoms with Crippen LogP contribution >= 0.6 is 0 Å². The molecule has 0 aliphatic carbocycles. The van der Waals surface area contributed by atoms with E-state index in [9.17, 15) is 14.9 Å². The standard InChI is InChI=1S/C18H20N2O5/c1-13-4-3-5-15(10-13)24-9-8-19-18(21)12-25-16-6-7-17(20(22)23)14(2)11-16/h3-7,10-11H,8-9,12H2,1-2H3,(H,19,21). The molecule has 132 valence electrons. The van der Waals surface area contributed by atoms with E-state index in [4.69, 9.17) is 9.47 Å². The number of nitro groups is 1. The first-order chi connectivity index (χ1) is 12.0. The molecule has 0 aliphatic rings. The molecule has 1 N–H and O–H groups in total. The maximum atomic E-state index is 11.7. The van der Waals surface area contributed by atoms with Crippen molar-refractivity contribution in [2.45, 2.75) is 13.8 Å². The SMILES string of the molecule is Cc1cccc(OCCNC(=O)COc2ccc([N+](=O)[O-])c(C)c2)c1. The van der Waals surface area contributed by atoms with Crippen molar-refractivity contribution in [2.75, 3.05) is 19.8 Å². The summed E-state index contributed by atoms with van der Waals surface area (Å²) in [6.07, 6.45) is 0. The van der Waals surface area contributed by atoms with Gasteiger partial charge in [-0.25, -0.2) is 0 Å². The second-order valence-corrected chi connectivity index (χ2v) is 5.51. The van der Waals surface area contributed by atoms with Gasteiger partial charge in [0, 0.05) is 11.6 Å². The van der Waals surface area contributed by atoms with Crippen molar-refractivity contribution < 1.29 is 19.2 Å². The van der Waals surface area contributed by atoms with Gasteiger partial charge in [0.2, 0.25) is 0 Å². The van der Waals surface area contributed by atoms with Crippen LogP contribution in [0.25, 0.3) is 0 Å². The molecule has 0 atom stereocenters. The van der Waals surface area contributed by atoms with Crippen LogP contribution in [0.2, 0.25) is 0 Å². The third kappa shape index (κ3) is 5.80. The Hall–Kier alpha value is -3.09. The molecule has 0 radical (unpaired) electrons. The van der Waals surface area contributed by atoms with Crippen molar-refractivity contribution in [1.82, 2.24) is 5.32 Å². The summed E-state index contributed by atoms with van der Waals surface area (Å²) >= 11 is 0. The lowest BCUT2D eigenvalue weighted by molar-refractivity contribution is -0.385. The molecule has 7 nitrogen and oxygen atoms in total. The summed E-state index contributed by atoms with van der Waals surface area (Å²) in [6, 6.07) is 12.0. The average Bonchev–Trinajstić information content (AvgIpc) is 2.56. The average molecular weight is 344 g/mol. The summed E-state index contributed by atoms with van der Waals surface area (Å²) in [5.74, 6) is 0.880. The van der Waals surface area contributed by atoms with Crippen LogP contribution in [-0.2, 0) is 4.79 Å². The Bertz CT molecular complexity index is 761. The molecule has 2 aromatic rings. The van der Waals surface area contributed by atoms with Crippen LogP contribution in [0, 0.1) is 24.0 Å². The Morgan fingerprint density at radius 1 is 1.12 bits per heavy atom. The zero-order valence-corrected chi connectivity index (χ0v) is 14.2. The second kappa shape index (κ2) is 8.68. The fourth-order valence-corrected chi connectivity index (χ4v) is 2.19. The lowest BCUT2D eigenvalue weighted by atomic mass is 10.2. The van der Waals surface area contributed by atoms with Gasteiger partial charge in [-0.1, -0.05) is 12.1 Å². The van der Waals surface area contributed by atoms with Crippen molar-refractivity contribution in [2.24, 2.45) is 0 Å². The third-order valence-electron chi connectivity index (χ3n) is 3.42. The number of rotatable bonds is 8. The molecule has 25 heavy (non-hydrogen) atoms. The van der Waals surface area contributed by atoms with Crippen molar-refractivity contribution in [1.29, 1.82) is 0 Å². The summed E-state index contributed by atoms with van der Waals surface area (Å²) < 4.78 is 10.9. The molecule has 0 saturated carbocycles. The summed E-state index contributed by atoms with van der Waals surface area (Å²) in [7, 11) is 0. The highest BCUT2D eigenvalue weighted by Gasteiger charge is 2.11. The number of nitrogens with zero attached hydrogens (tertiary/aromatic N) is 1. The predicted molar refractivity (Wildman–Crippen MR) is 93.0 cm³/mol. The van der Waals surface area contributed by atoms with Gasteiger partial charge in [-0.05, 0) is 43.7 Å². The Morgan fingerprint density at radius 2 is 1.88 bits per heavy atom. The molecule has 7 heteroatoms. The largest absolute Gasteiger partial charge is 0.492 e. The van der Waals surface area contributed by atoms with Crippen molar-refractivity contribution in [3.63, 3.8) is 0 Å². The molecule has 0 spiro atoms. The van der Waals surface area contributed by atoms with E-state index >= 15 is 0 Å². The minimum Gasteiger partial charge on any atom is -0.492 e. The van der Waals surface area contributed by atoms with E-state index in [0.717, 1.165) is 11.3 Å². The summed E-state index contributed by atoms with van der Waals surface area (Å²) in [4.78, 5) is 22.0. The molecule has 1 amide bonds. The summed E-state index contributed by atoms with van der Waals surface area (Å²) in [5.41, 5.74) is 1.60. The van der Waals surface area contributed by atoms with Crippen molar-refractivity contribution in [3.05, 3.63) is 63.7 Å². The number of carbonyl (C=O) groups is 1. The molecule has 0 saturated heterocycles. The maximum Gasteiger partial charge on any atom is 0.272 e. The minimum atomic E-state index is -0.458. The summed E-state index contributed by atoms with van der Waals surface area (Å²) in [5, 5.41) is 13.4. The van der Waals surface area contributed by atoms with Gasteiger partial charge < -0.3 is 14.8 Å². The van der Waals surface area contributed by atoms with E-state index in [1.165, 1.54) is 18.2 Å². The minimum absolute atomic E-state index is 0.0186. The van der Waals surface area contributed by atoms with Gasteiger partial charge in [0.25, 0.3) is 11.6 Å². The highest BCUT2D eigenvalue weighted by Crippen LogP contribution is 2.22. The molecular formula is C18H20N2O5. The number of benzene rings is 2. The van der Waals surface area contributed by atoms with Crippen molar-refractivity contribution in [3.8, 4) is 11.5 Å². The van der Waals surface area contributed by atoms with Gasteiger partial charge in [0.05, 0.1) is 11.5 Å². The first kappa shape index (κ1) is 18.3. The van der Waals surface area contributed by atoms with Gasteiger partial charge in [-0.2, -0.15) is 0 Å². The molecular weight excluding hydrogens is 324 g/mol. The molecule has 0 heterocycles. The van der Waals surface area contributed by atoms with Crippen LogP contribution in [0.15, 0.2) is 42.5 Å². The monoisotopic (exact) mass is 344 g/mol. The van der Waals surface area contributed by atoms with E-state index in [0.29, 0.717) is 24.5 Å². The Labute approximate surface area is 145 Å². The first-order valence-corrected chi connectivity index (χ1v) is 7.79. The zero-order valence-electron chi connectivity index (χ0n) is 14.2. The fraction of sp³-hybridized carbons (Fsp3) is 0.278. The zero-order chi connectivity index (χ0) is 18.2. The van der Waals surface area contributed by atoms with Gasteiger partial charge in [-0.3, -0.25) is 14.9 Å². The van der Waals surface area contributed by atoms with E-state index in [1.54, 1.807) is 6.92 Å². The molecule has 0 bridgehead atoms. The van der Waals surface area contributed by atoms with Gasteiger partial charge in [-0.15, -0.1) is 0 Å². The van der Waals surface area contributed by atoms with Crippen LogP contribution < -0.4 is 14.8 Å². The quantitative estimate of drug-likeness (QED) is 0.452. The van der Waals surface area contributed by atoms with E-state index in [2.05, 4.69) is 5.32 Å². The molecule has 2 aromatic carbocycles. The number of amides is 1. The second-order valence-electron chi connectivity index (χ2n) is 5.51. The lowest BCUT2D eigenvalue weighted by Gasteiger charge is -2.09. The predicted octanol–water partition coefficient (Wildman–Crippen LogP) is 2.79. The number of carbonyl (C=O) groups excluding carboxylic acids is 1. The number of hydrogen-bond acceptors (Lipinski definition) is 5.